The average molecular weight is 359 g/mol. The third-order valence-corrected chi connectivity index (χ3v) is 5.29. The van der Waals surface area contributed by atoms with Crippen LogP contribution in [-0.4, -0.2) is 40.8 Å². The number of aromatic nitrogens is 2. The number of hydrogen-bond acceptors (Lipinski definition) is 5. The van der Waals surface area contributed by atoms with E-state index in [1.54, 1.807) is 18.0 Å². The first kappa shape index (κ1) is 17.8. The summed E-state index contributed by atoms with van der Waals surface area (Å²) < 4.78 is 0. The fourth-order valence-electron chi connectivity index (χ4n) is 2.97. The van der Waals surface area contributed by atoms with Crippen molar-refractivity contribution < 1.29 is 4.79 Å². The van der Waals surface area contributed by atoms with E-state index < -0.39 is 0 Å². The number of nitrogens with two attached hydrogens (primary N) is 1. The maximum Gasteiger partial charge on any atom is 0.259 e. The largest absolute Gasteiger partial charge is 0.349 e. The van der Waals surface area contributed by atoms with Crippen molar-refractivity contribution in [1.82, 2.24) is 15.3 Å². The number of thioether (sulfide) groups is 1. The molecular formula is C18H25N5OS. The Labute approximate surface area is 152 Å². The molecule has 0 fully saturated rings. The Bertz CT molecular complexity index is 757. The molecule has 0 aromatic carbocycles. The number of anilines is 1. The van der Waals surface area contributed by atoms with Gasteiger partial charge in [-0.25, -0.2) is 4.98 Å². The highest BCUT2D eigenvalue weighted by Crippen LogP contribution is 2.30. The number of H-pyrrole nitrogens is 1. The molecule has 7 heteroatoms. The van der Waals surface area contributed by atoms with Crippen LogP contribution in [0.2, 0.25) is 0 Å². The molecule has 3 rings (SSSR count). The number of pyridine rings is 1. The van der Waals surface area contributed by atoms with Crippen LogP contribution in [0.1, 0.15) is 26.2 Å². The molecule has 1 amide bonds. The Hall–Kier alpha value is -1.99. The van der Waals surface area contributed by atoms with Gasteiger partial charge in [0.15, 0.2) is 0 Å². The Balaban J connectivity index is 1.70. The molecule has 1 unspecified atom stereocenters. The van der Waals surface area contributed by atoms with Gasteiger partial charge in [-0.3, -0.25) is 4.79 Å². The molecule has 0 bridgehead atoms. The summed E-state index contributed by atoms with van der Waals surface area (Å²) in [7, 11) is 0. The summed E-state index contributed by atoms with van der Waals surface area (Å²) in [5.41, 5.74) is 7.46. The summed E-state index contributed by atoms with van der Waals surface area (Å²) in [6.45, 7) is 3.63. The summed E-state index contributed by atoms with van der Waals surface area (Å²) in [6.07, 6.45) is 8.64. The SMILES string of the molecule is CC(CCCCN)NC(=O)C1=CN(c2ccnc3[nH]ccc23)CCS1. The quantitative estimate of drug-likeness (QED) is 0.662. The number of carbonyl (C=O) groups excluding carboxylic acids is 1. The number of unbranched alkanes of at least 4 members (excludes halogenated alkanes) is 1. The van der Waals surface area contributed by atoms with Gasteiger partial charge in [-0.2, -0.15) is 0 Å². The molecule has 1 aliphatic rings. The van der Waals surface area contributed by atoms with Crippen LogP contribution in [0.5, 0.6) is 0 Å². The predicted molar refractivity (Wildman–Crippen MR) is 104 cm³/mol. The normalized spacial score (nSPS) is 15.9. The molecule has 0 radical (unpaired) electrons. The minimum absolute atomic E-state index is 0.00863. The summed E-state index contributed by atoms with van der Waals surface area (Å²) >= 11 is 1.61. The van der Waals surface area contributed by atoms with Crippen LogP contribution in [0.3, 0.4) is 0 Å². The van der Waals surface area contributed by atoms with E-state index in [4.69, 9.17) is 5.73 Å². The number of carbonyl (C=O) groups is 1. The van der Waals surface area contributed by atoms with Gasteiger partial charge in [-0.1, -0.05) is 6.42 Å². The highest BCUT2D eigenvalue weighted by Gasteiger charge is 2.20. The van der Waals surface area contributed by atoms with E-state index in [9.17, 15) is 4.79 Å². The maximum atomic E-state index is 12.6. The highest BCUT2D eigenvalue weighted by molar-refractivity contribution is 8.04. The van der Waals surface area contributed by atoms with E-state index in [1.807, 2.05) is 31.5 Å². The number of aromatic amines is 1. The van der Waals surface area contributed by atoms with Crippen molar-refractivity contribution in [3.05, 3.63) is 35.6 Å². The van der Waals surface area contributed by atoms with E-state index >= 15 is 0 Å². The lowest BCUT2D eigenvalue weighted by atomic mass is 10.1. The lowest BCUT2D eigenvalue weighted by Crippen LogP contribution is -2.35. The Morgan fingerprint density at radius 3 is 3.20 bits per heavy atom. The Morgan fingerprint density at radius 1 is 1.48 bits per heavy atom. The number of nitrogens with zero attached hydrogens (tertiary/aromatic N) is 2. The number of fused-ring (bicyclic) bond motifs is 1. The van der Waals surface area contributed by atoms with Gasteiger partial charge in [0.1, 0.15) is 5.65 Å². The van der Waals surface area contributed by atoms with Crippen LogP contribution in [-0.2, 0) is 4.79 Å². The molecular weight excluding hydrogens is 334 g/mol. The molecule has 25 heavy (non-hydrogen) atoms. The van der Waals surface area contributed by atoms with E-state index in [0.29, 0.717) is 6.54 Å². The number of hydrogen-bond donors (Lipinski definition) is 3. The van der Waals surface area contributed by atoms with Crippen LogP contribution >= 0.6 is 11.8 Å². The third-order valence-electron chi connectivity index (χ3n) is 4.30. The summed E-state index contributed by atoms with van der Waals surface area (Å²) in [4.78, 5) is 22.9. The second kappa shape index (κ2) is 8.40. The molecule has 2 aromatic rings. The van der Waals surface area contributed by atoms with Crippen LogP contribution < -0.4 is 16.0 Å². The Kier molecular flexibility index (Phi) is 5.99. The Morgan fingerprint density at radius 2 is 2.36 bits per heavy atom. The number of rotatable bonds is 7. The van der Waals surface area contributed by atoms with E-state index in [0.717, 1.165) is 53.2 Å². The summed E-state index contributed by atoms with van der Waals surface area (Å²) in [6, 6.07) is 4.17. The van der Waals surface area contributed by atoms with Crippen LogP contribution in [0.4, 0.5) is 5.69 Å². The van der Waals surface area contributed by atoms with Gasteiger partial charge in [0.05, 0.1) is 10.6 Å². The lowest BCUT2D eigenvalue weighted by Gasteiger charge is -2.27. The zero-order valence-corrected chi connectivity index (χ0v) is 15.3. The molecule has 4 N–H and O–H groups in total. The minimum Gasteiger partial charge on any atom is -0.349 e. The second-order valence-corrected chi connectivity index (χ2v) is 7.40. The van der Waals surface area contributed by atoms with Gasteiger partial charge in [0, 0.05) is 42.3 Å². The molecule has 0 saturated heterocycles. The van der Waals surface area contributed by atoms with Gasteiger partial charge in [-0.15, -0.1) is 11.8 Å². The molecule has 0 spiro atoms. The third kappa shape index (κ3) is 4.35. The molecule has 1 atom stereocenters. The van der Waals surface area contributed by atoms with Crippen LogP contribution in [0.15, 0.2) is 35.6 Å². The van der Waals surface area contributed by atoms with Gasteiger partial charge >= 0.3 is 0 Å². The van der Waals surface area contributed by atoms with Crippen molar-refractivity contribution in [1.29, 1.82) is 0 Å². The van der Waals surface area contributed by atoms with Crippen LogP contribution in [0.25, 0.3) is 11.0 Å². The molecule has 0 aliphatic carbocycles. The average Bonchev–Trinajstić information content (AvgIpc) is 3.10. The summed E-state index contributed by atoms with van der Waals surface area (Å²) in [5, 5.41) is 4.17. The smallest absolute Gasteiger partial charge is 0.259 e. The molecule has 3 heterocycles. The zero-order valence-electron chi connectivity index (χ0n) is 14.5. The fourth-order valence-corrected chi connectivity index (χ4v) is 3.87. The second-order valence-electron chi connectivity index (χ2n) is 6.26. The molecule has 134 valence electrons. The van der Waals surface area contributed by atoms with Crippen molar-refractivity contribution in [3.63, 3.8) is 0 Å². The van der Waals surface area contributed by atoms with Crippen molar-refractivity contribution in [2.24, 2.45) is 5.73 Å². The van der Waals surface area contributed by atoms with E-state index in [-0.39, 0.29) is 11.9 Å². The van der Waals surface area contributed by atoms with Crippen LogP contribution in [0, 0.1) is 0 Å². The number of nitrogens with one attached hydrogen (secondary N) is 2. The first-order valence-electron chi connectivity index (χ1n) is 8.73. The van der Waals surface area contributed by atoms with Gasteiger partial charge in [0.25, 0.3) is 5.91 Å². The molecule has 6 nitrogen and oxygen atoms in total. The summed E-state index contributed by atoms with van der Waals surface area (Å²) in [5.74, 6) is 0.893. The first-order chi connectivity index (χ1) is 12.2. The minimum atomic E-state index is 0.00863. The lowest BCUT2D eigenvalue weighted by molar-refractivity contribution is -0.117. The van der Waals surface area contributed by atoms with Crippen molar-refractivity contribution >= 4 is 34.4 Å². The maximum absolute atomic E-state index is 12.6. The molecule has 1 aliphatic heterocycles. The van der Waals surface area contributed by atoms with Gasteiger partial charge in [0.2, 0.25) is 0 Å². The first-order valence-corrected chi connectivity index (χ1v) is 9.72. The van der Waals surface area contributed by atoms with Crippen molar-refractivity contribution in [2.45, 2.75) is 32.2 Å². The van der Waals surface area contributed by atoms with Crippen molar-refractivity contribution in [2.75, 3.05) is 23.7 Å². The monoisotopic (exact) mass is 359 g/mol. The zero-order chi connectivity index (χ0) is 17.6. The number of amides is 1. The van der Waals surface area contributed by atoms with E-state index in [1.165, 1.54) is 0 Å². The van der Waals surface area contributed by atoms with Gasteiger partial charge < -0.3 is 20.9 Å². The topological polar surface area (TPSA) is 87.0 Å². The fraction of sp³-hybridized carbons (Fsp3) is 0.444. The van der Waals surface area contributed by atoms with Crippen molar-refractivity contribution in [3.8, 4) is 0 Å². The molecule has 2 aromatic heterocycles. The van der Waals surface area contributed by atoms with E-state index in [2.05, 4.69) is 20.2 Å². The molecule has 0 saturated carbocycles. The highest BCUT2D eigenvalue weighted by atomic mass is 32.2. The predicted octanol–water partition coefficient (Wildman–Crippen LogP) is 2.59. The van der Waals surface area contributed by atoms with Gasteiger partial charge in [-0.05, 0) is 38.4 Å². The standard InChI is InChI=1S/C18H25N5OS/c1-13(4-2-3-7-19)22-18(24)16-12-23(10-11-25-16)15-6-9-21-17-14(15)5-8-20-17/h5-6,8-9,12-13H,2-4,7,10-11,19H2,1H3,(H,20,21)(H,22,24).